The Balaban J connectivity index is 2.88. The summed E-state index contributed by atoms with van der Waals surface area (Å²) in [5.74, 6) is -0.374. The summed E-state index contributed by atoms with van der Waals surface area (Å²) in [5.41, 5.74) is 0.476. The fourth-order valence-electron chi connectivity index (χ4n) is 1.37. The average Bonchev–Trinajstić information content (AvgIpc) is 2.40. The number of benzene rings is 1. The molecule has 0 aliphatic rings. The van der Waals surface area contributed by atoms with Crippen LogP contribution in [0.1, 0.15) is 18.5 Å². The van der Waals surface area contributed by atoms with E-state index in [-0.39, 0.29) is 10.9 Å². The van der Waals surface area contributed by atoms with E-state index in [1.54, 1.807) is 36.4 Å². The first-order valence-corrected chi connectivity index (χ1v) is 6.29. The molecule has 0 spiro atoms. The monoisotopic (exact) mass is 294 g/mol. The molecule has 0 radical (unpaired) electrons. The van der Waals surface area contributed by atoms with Gasteiger partial charge in [-0.25, -0.2) is 0 Å². The molecule has 1 atom stereocenters. The van der Waals surface area contributed by atoms with E-state index in [0.29, 0.717) is 10.6 Å². The predicted molar refractivity (Wildman–Crippen MR) is 76.9 cm³/mol. The smallest absolute Gasteiger partial charge is 0.245 e. The highest BCUT2D eigenvalue weighted by atomic mass is 35.5. The van der Waals surface area contributed by atoms with E-state index in [1.165, 1.54) is 6.08 Å². The molecule has 3 nitrogen and oxygen atoms in total. The first-order valence-electron chi connectivity index (χ1n) is 5.53. The van der Waals surface area contributed by atoms with Gasteiger partial charge in [-0.2, -0.15) is 5.26 Å². The summed E-state index contributed by atoms with van der Waals surface area (Å²) >= 11 is 11.9. The van der Waals surface area contributed by atoms with Gasteiger partial charge in [0.25, 0.3) is 0 Å². The maximum absolute atomic E-state index is 11.6. The quantitative estimate of drug-likeness (QED) is 0.678. The number of allylic oxidation sites excluding steroid dienone is 3. The van der Waals surface area contributed by atoms with Crippen molar-refractivity contribution >= 4 is 29.1 Å². The minimum absolute atomic E-state index is 0.272. The first kappa shape index (κ1) is 15.3. The maximum Gasteiger partial charge on any atom is 0.245 e. The second-order valence-electron chi connectivity index (χ2n) is 3.60. The van der Waals surface area contributed by atoms with Crippen LogP contribution < -0.4 is 5.32 Å². The Morgan fingerprint density at radius 2 is 2.16 bits per heavy atom. The van der Waals surface area contributed by atoms with Crippen LogP contribution >= 0.6 is 23.2 Å². The Labute approximate surface area is 122 Å². The summed E-state index contributed by atoms with van der Waals surface area (Å²) in [6.07, 6.45) is 6.43. The molecule has 1 aromatic carbocycles. The first-order chi connectivity index (χ1) is 9.10. The van der Waals surface area contributed by atoms with Crippen LogP contribution in [0.3, 0.4) is 0 Å². The van der Waals surface area contributed by atoms with E-state index in [0.717, 1.165) is 0 Å². The fraction of sp³-hybridized carbons (Fsp3) is 0.143. The van der Waals surface area contributed by atoms with Crippen LogP contribution in [0.15, 0.2) is 42.5 Å². The van der Waals surface area contributed by atoms with Gasteiger partial charge in [0.05, 0.1) is 16.1 Å². The number of hydrogen-bond acceptors (Lipinski definition) is 2. The Morgan fingerprint density at radius 3 is 2.79 bits per heavy atom. The largest absolute Gasteiger partial charge is 0.333 e. The van der Waals surface area contributed by atoms with E-state index in [4.69, 9.17) is 28.5 Å². The molecule has 0 heterocycles. The molecule has 1 N–H and O–H groups in total. The third kappa shape index (κ3) is 4.44. The topological polar surface area (TPSA) is 52.9 Å². The Kier molecular flexibility index (Phi) is 6.14. The summed E-state index contributed by atoms with van der Waals surface area (Å²) in [6.45, 7) is 1.84. The fourth-order valence-corrected chi connectivity index (χ4v) is 1.78. The summed E-state index contributed by atoms with van der Waals surface area (Å²) in [6, 6.07) is 6.09. The molecule has 0 saturated carbocycles. The van der Waals surface area contributed by atoms with Crippen LogP contribution in [0.2, 0.25) is 10.0 Å². The number of carbonyl (C=O) groups excluding carboxylic acids is 1. The highest BCUT2D eigenvalue weighted by molar-refractivity contribution is 6.42. The highest BCUT2D eigenvalue weighted by Crippen LogP contribution is 2.29. The molecule has 1 rings (SSSR count). The van der Waals surface area contributed by atoms with E-state index < -0.39 is 6.04 Å². The number of nitrogens with zero attached hydrogens (tertiary/aromatic N) is 1. The third-order valence-electron chi connectivity index (χ3n) is 2.26. The average molecular weight is 295 g/mol. The number of carbonyl (C=O) groups is 1. The van der Waals surface area contributed by atoms with Gasteiger partial charge in [-0.15, -0.1) is 0 Å². The molecule has 0 aromatic heterocycles. The van der Waals surface area contributed by atoms with Gasteiger partial charge in [-0.05, 0) is 13.0 Å². The molecule has 1 unspecified atom stereocenters. The van der Waals surface area contributed by atoms with Gasteiger partial charge in [0.2, 0.25) is 5.91 Å². The van der Waals surface area contributed by atoms with Crippen molar-refractivity contribution in [1.29, 1.82) is 5.26 Å². The molecule has 1 amide bonds. The number of nitriles is 1. The van der Waals surface area contributed by atoms with Crippen LogP contribution in [-0.4, -0.2) is 5.91 Å². The van der Waals surface area contributed by atoms with Crippen molar-refractivity contribution in [3.8, 4) is 6.07 Å². The zero-order valence-electron chi connectivity index (χ0n) is 10.2. The number of rotatable bonds is 4. The van der Waals surface area contributed by atoms with Gasteiger partial charge in [0, 0.05) is 11.6 Å². The summed E-state index contributed by atoms with van der Waals surface area (Å²) in [5, 5.41) is 12.3. The lowest BCUT2D eigenvalue weighted by atomic mass is 10.1. The molecule has 0 bridgehead atoms. The van der Waals surface area contributed by atoms with Crippen LogP contribution in [-0.2, 0) is 4.79 Å². The highest BCUT2D eigenvalue weighted by Gasteiger charge is 2.16. The van der Waals surface area contributed by atoms with Crippen LogP contribution in [0.5, 0.6) is 0 Å². The van der Waals surface area contributed by atoms with Crippen LogP contribution in [0, 0.1) is 11.3 Å². The molecule has 1 aromatic rings. The van der Waals surface area contributed by atoms with E-state index in [2.05, 4.69) is 5.32 Å². The molecule has 98 valence electrons. The molecule has 0 saturated heterocycles. The number of amides is 1. The lowest BCUT2D eigenvalue weighted by molar-refractivity contribution is -0.116. The minimum atomic E-state index is -0.839. The summed E-state index contributed by atoms with van der Waals surface area (Å²) < 4.78 is 0. The second kappa shape index (κ2) is 7.63. The van der Waals surface area contributed by atoms with Gasteiger partial charge < -0.3 is 5.32 Å². The van der Waals surface area contributed by atoms with E-state index in [9.17, 15) is 4.79 Å². The van der Waals surface area contributed by atoms with Gasteiger partial charge in [-0.3, -0.25) is 4.79 Å². The predicted octanol–water partition coefficient (Wildman–Crippen LogP) is 3.81. The van der Waals surface area contributed by atoms with Gasteiger partial charge in [0.15, 0.2) is 0 Å². The molecule has 0 fully saturated rings. The van der Waals surface area contributed by atoms with Crippen LogP contribution in [0.4, 0.5) is 0 Å². The number of hydrogen-bond donors (Lipinski definition) is 1. The third-order valence-corrected chi connectivity index (χ3v) is 3.09. The summed E-state index contributed by atoms with van der Waals surface area (Å²) in [7, 11) is 0. The minimum Gasteiger partial charge on any atom is -0.333 e. The maximum atomic E-state index is 11.6. The van der Waals surface area contributed by atoms with Crippen molar-refractivity contribution in [2.24, 2.45) is 0 Å². The summed E-state index contributed by atoms with van der Waals surface area (Å²) in [4.78, 5) is 11.6. The van der Waals surface area contributed by atoms with Crippen molar-refractivity contribution in [3.05, 3.63) is 58.1 Å². The zero-order chi connectivity index (χ0) is 14.3. The Hall–Kier alpha value is -1.76. The van der Waals surface area contributed by atoms with Crippen molar-refractivity contribution in [2.45, 2.75) is 13.0 Å². The van der Waals surface area contributed by atoms with Gasteiger partial charge >= 0.3 is 0 Å². The van der Waals surface area contributed by atoms with Gasteiger partial charge in [0.1, 0.15) is 6.04 Å². The number of halogens is 2. The normalized spacial score (nSPS) is 12.5. The van der Waals surface area contributed by atoms with Crippen molar-refractivity contribution < 1.29 is 4.79 Å². The molecular weight excluding hydrogens is 283 g/mol. The lowest BCUT2D eigenvalue weighted by Crippen LogP contribution is -2.26. The molecule has 5 heteroatoms. The molecule has 0 aliphatic heterocycles. The van der Waals surface area contributed by atoms with Crippen LogP contribution in [0.25, 0.3) is 0 Å². The van der Waals surface area contributed by atoms with E-state index in [1.807, 2.05) is 13.0 Å². The zero-order valence-corrected chi connectivity index (χ0v) is 11.7. The van der Waals surface area contributed by atoms with Gasteiger partial charge in [-0.1, -0.05) is 53.6 Å². The second-order valence-corrected chi connectivity index (χ2v) is 4.38. The Morgan fingerprint density at radius 1 is 1.42 bits per heavy atom. The SMILES string of the molecule is C/C=C/C=C/C(=O)NC(C#N)c1cccc(Cl)c1Cl. The van der Waals surface area contributed by atoms with Crippen molar-refractivity contribution in [2.75, 3.05) is 0 Å². The van der Waals surface area contributed by atoms with Crippen molar-refractivity contribution in [3.63, 3.8) is 0 Å². The Bertz CT molecular complexity index is 559. The molecule has 0 aliphatic carbocycles. The van der Waals surface area contributed by atoms with Crippen molar-refractivity contribution in [1.82, 2.24) is 5.32 Å². The molecular formula is C14H12Cl2N2O. The van der Waals surface area contributed by atoms with E-state index >= 15 is 0 Å². The lowest BCUT2D eigenvalue weighted by Gasteiger charge is -2.12. The number of nitrogens with one attached hydrogen (secondary N) is 1. The standard InChI is InChI=1S/C14H12Cl2N2O/c1-2-3-4-8-13(19)18-12(9-17)10-6-5-7-11(15)14(10)16/h2-8,12H,1H3,(H,18,19)/b3-2+,8-4+. The molecule has 19 heavy (non-hydrogen) atoms.